The molecule has 2 aromatic heterocycles. The maximum atomic E-state index is 11.7. The molecule has 2 heterocycles. The second-order valence-electron chi connectivity index (χ2n) is 8.52. The van der Waals surface area contributed by atoms with Crippen molar-refractivity contribution in [3.05, 3.63) is 88.0 Å². The summed E-state index contributed by atoms with van der Waals surface area (Å²) in [4.78, 5) is 18.0. The van der Waals surface area contributed by atoms with E-state index in [2.05, 4.69) is 15.3 Å². The molecule has 1 unspecified atom stereocenters. The number of nitrogens with one attached hydrogen (secondary N) is 2. The van der Waals surface area contributed by atoms with Crippen LogP contribution in [-0.2, 0) is 10.8 Å². The minimum atomic E-state index is -1.07. The topological polar surface area (TPSA) is 113 Å². The van der Waals surface area contributed by atoms with Gasteiger partial charge in [0, 0.05) is 44.4 Å². The van der Waals surface area contributed by atoms with Gasteiger partial charge >= 0.3 is 0 Å². The van der Waals surface area contributed by atoms with Crippen LogP contribution in [-0.4, -0.2) is 48.7 Å². The lowest BCUT2D eigenvalue weighted by Crippen LogP contribution is -2.01. The van der Waals surface area contributed by atoms with E-state index in [1.54, 1.807) is 54.9 Å². The number of aromatic amines is 1. The van der Waals surface area contributed by atoms with E-state index in [-0.39, 0.29) is 13.2 Å². The second-order valence-corrected chi connectivity index (χ2v) is 11.2. The molecule has 0 aliphatic heterocycles. The summed E-state index contributed by atoms with van der Waals surface area (Å²) in [7, 11) is -1.07. The van der Waals surface area contributed by atoms with E-state index in [0.29, 0.717) is 55.2 Å². The van der Waals surface area contributed by atoms with Gasteiger partial charge in [0.05, 0.1) is 39.3 Å². The van der Waals surface area contributed by atoms with Gasteiger partial charge in [0.25, 0.3) is 0 Å². The predicted molar refractivity (Wildman–Crippen MR) is 160 cm³/mol. The molecule has 204 valence electrons. The molecular weight excluding hydrogens is 593 g/mol. The Morgan fingerprint density at radius 2 is 1.75 bits per heavy atom. The monoisotopic (exact) mass is 613 g/mol. The molecule has 8 nitrogen and oxygen atoms in total. The van der Waals surface area contributed by atoms with Gasteiger partial charge in [-0.15, -0.1) is 0 Å². The highest BCUT2D eigenvalue weighted by molar-refractivity contribution is 7.84. The van der Waals surface area contributed by atoms with Gasteiger partial charge in [-0.3, -0.25) is 4.21 Å². The van der Waals surface area contributed by atoms with Gasteiger partial charge in [-0.2, -0.15) is 0 Å². The number of nitrogens with zero attached hydrogens (tertiary/aromatic N) is 3. The van der Waals surface area contributed by atoms with E-state index >= 15 is 0 Å². The average Bonchev–Trinajstić information content (AvgIpc) is 3.37. The summed E-state index contributed by atoms with van der Waals surface area (Å²) in [6.45, 7) is -0.0234. The van der Waals surface area contributed by atoms with Gasteiger partial charge in [-0.05, 0) is 54.6 Å². The van der Waals surface area contributed by atoms with Crippen LogP contribution < -0.4 is 10.1 Å². The minimum absolute atomic E-state index is 0.113. The summed E-state index contributed by atoms with van der Waals surface area (Å²) in [6, 6.07) is 19.5. The predicted octanol–water partition coefficient (Wildman–Crippen LogP) is 7.01. The molecule has 0 spiro atoms. The Labute approximate surface area is 247 Å². The molecule has 5 rings (SSSR count). The minimum Gasteiger partial charge on any atom is -0.491 e. The first-order valence-electron chi connectivity index (χ1n) is 12.0. The van der Waals surface area contributed by atoms with Crippen molar-refractivity contribution in [2.45, 2.75) is 4.90 Å². The number of anilines is 2. The summed E-state index contributed by atoms with van der Waals surface area (Å²) in [5, 5.41) is 13.4. The highest BCUT2D eigenvalue weighted by atomic mass is 35.5. The van der Waals surface area contributed by atoms with Crippen LogP contribution in [0.15, 0.2) is 77.8 Å². The van der Waals surface area contributed by atoms with Gasteiger partial charge in [0.15, 0.2) is 0 Å². The number of ether oxygens (including phenoxy) is 1. The van der Waals surface area contributed by atoms with Crippen molar-refractivity contribution >= 4 is 57.2 Å². The Morgan fingerprint density at radius 1 is 1.00 bits per heavy atom. The SMILES string of the molecule is CS(=O)c1ccc(Nc2nccc(-c3[nH]c(-c4c(Cl)cc(OCCO)cc4Cl)nc3-c3cccc(Cl)c3)n2)cc1. The maximum absolute atomic E-state index is 11.7. The van der Waals surface area contributed by atoms with Crippen LogP contribution in [0.4, 0.5) is 11.6 Å². The molecule has 0 aliphatic carbocycles. The Kier molecular flexibility index (Phi) is 8.68. The molecule has 5 aromatic rings. The largest absolute Gasteiger partial charge is 0.491 e. The third-order valence-electron chi connectivity index (χ3n) is 5.77. The Balaban J connectivity index is 1.57. The lowest BCUT2D eigenvalue weighted by atomic mass is 10.1. The molecule has 0 bridgehead atoms. The van der Waals surface area contributed by atoms with Crippen LogP contribution in [0.3, 0.4) is 0 Å². The Bertz CT molecular complexity index is 1670. The molecule has 3 N–H and O–H groups in total. The van der Waals surface area contributed by atoms with Crippen molar-refractivity contribution in [2.75, 3.05) is 24.8 Å². The van der Waals surface area contributed by atoms with Gasteiger partial charge in [0.1, 0.15) is 18.2 Å². The number of hydrogen-bond donors (Lipinski definition) is 3. The zero-order valence-corrected chi connectivity index (χ0v) is 24.1. The number of H-pyrrole nitrogens is 1. The van der Waals surface area contributed by atoms with Crippen LogP contribution in [0.5, 0.6) is 5.75 Å². The van der Waals surface area contributed by atoms with Crippen LogP contribution in [0.25, 0.3) is 34.0 Å². The van der Waals surface area contributed by atoms with E-state index in [1.165, 1.54) is 0 Å². The van der Waals surface area contributed by atoms with Crippen molar-refractivity contribution in [3.63, 3.8) is 0 Å². The standard InChI is InChI=1S/C28H22Cl3N5O3S/c1-40(38)20-7-5-18(6-8-20)33-28-32-10-9-23(34-28)26-25(16-3-2-4-17(29)13-16)35-27(36-26)24-21(30)14-19(15-22(24)31)39-12-11-37/h2-10,13-15,37H,11-12H2,1H3,(H,35,36)(H,32,33,34). The fourth-order valence-corrected chi connectivity index (χ4v) is 5.32. The lowest BCUT2D eigenvalue weighted by Gasteiger charge is -2.09. The molecule has 0 amide bonds. The van der Waals surface area contributed by atoms with Crippen LogP contribution in [0, 0.1) is 0 Å². The molecule has 1 atom stereocenters. The van der Waals surface area contributed by atoms with Crippen LogP contribution in [0.1, 0.15) is 0 Å². The Hall–Kier alpha value is -3.47. The number of imidazole rings is 1. The molecule has 0 radical (unpaired) electrons. The zero-order valence-electron chi connectivity index (χ0n) is 21.0. The first kappa shape index (κ1) is 28.1. The van der Waals surface area contributed by atoms with Crippen molar-refractivity contribution in [2.24, 2.45) is 0 Å². The van der Waals surface area contributed by atoms with E-state index in [0.717, 1.165) is 16.1 Å². The molecule has 40 heavy (non-hydrogen) atoms. The van der Waals surface area contributed by atoms with Crippen LogP contribution >= 0.6 is 34.8 Å². The number of hydrogen-bond acceptors (Lipinski definition) is 7. The Morgan fingerprint density at radius 3 is 2.42 bits per heavy atom. The van der Waals surface area contributed by atoms with Gasteiger partial charge < -0.3 is 20.1 Å². The van der Waals surface area contributed by atoms with E-state index in [1.807, 2.05) is 24.3 Å². The third-order valence-corrected chi connectivity index (χ3v) is 7.54. The quantitative estimate of drug-likeness (QED) is 0.164. The first-order chi connectivity index (χ1) is 19.3. The molecule has 0 aliphatic rings. The highest BCUT2D eigenvalue weighted by Crippen LogP contribution is 2.40. The van der Waals surface area contributed by atoms with Crippen molar-refractivity contribution < 1.29 is 14.1 Å². The highest BCUT2D eigenvalue weighted by Gasteiger charge is 2.21. The maximum Gasteiger partial charge on any atom is 0.227 e. The molecule has 12 heteroatoms. The fourth-order valence-electron chi connectivity index (χ4n) is 3.96. The number of aromatic nitrogens is 4. The first-order valence-corrected chi connectivity index (χ1v) is 14.6. The van der Waals surface area contributed by atoms with Crippen molar-refractivity contribution in [1.82, 2.24) is 19.9 Å². The van der Waals surface area contributed by atoms with Crippen LogP contribution in [0.2, 0.25) is 15.1 Å². The lowest BCUT2D eigenvalue weighted by molar-refractivity contribution is 0.201. The van der Waals surface area contributed by atoms with Gasteiger partial charge in [-0.25, -0.2) is 15.0 Å². The molecule has 3 aromatic carbocycles. The molecule has 0 fully saturated rings. The number of halogens is 3. The van der Waals surface area contributed by atoms with Gasteiger partial charge in [0.2, 0.25) is 5.95 Å². The summed E-state index contributed by atoms with van der Waals surface area (Å²) in [6.07, 6.45) is 3.26. The second kappa shape index (κ2) is 12.4. The van der Waals surface area contributed by atoms with Crippen molar-refractivity contribution in [1.29, 1.82) is 0 Å². The van der Waals surface area contributed by atoms with E-state index < -0.39 is 10.8 Å². The number of aliphatic hydroxyl groups excluding tert-OH is 1. The summed E-state index contributed by atoms with van der Waals surface area (Å²) in [5.74, 6) is 1.21. The van der Waals surface area contributed by atoms with E-state index in [4.69, 9.17) is 54.6 Å². The normalized spacial score (nSPS) is 11.8. The zero-order chi connectivity index (χ0) is 28.2. The molecule has 0 saturated carbocycles. The number of rotatable bonds is 9. The molecule has 0 saturated heterocycles. The summed E-state index contributed by atoms with van der Waals surface area (Å²) in [5.41, 5.74) is 3.74. The number of aliphatic hydroxyl groups is 1. The van der Waals surface area contributed by atoms with Gasteiger partial charge in [-0.1, -0.05) is 46.9 Å². The third kappa shape index (κ3) is 6.29. The smallest absolute Gasteiger partial charge is 0.227 e. The summed E-state index contributed by atoms with van der Waals surface area (Å²) >= 11 is 19.5. The van der Waals surface area contributed by atoms with E-state index in [9.17, 15) is 4.21 Å². The number of benzene rings is 3. The fraction of sp³-hybridized carbons (Fsp3) is 0.107. The van der Waals surface area contributed by atoms with Crippen molar-refractivity contribution in [3.8, 4) is 39.8 Å². The molecular formula is C28H22Cl3N5O3S. The summed E-state index contributed by atoms with van der Waals surface area (Å²) < 4.78 is 17.2. The average molecular weight is 615 g/mol.